The fourth-order valence-electron chi connectivity index (χ4n) is 3.94. The highest BCUT2D eigenvalue weighted by Gasteiger charge is 2.31. The molecule has 7 heteroatoms. The Kier molecular flexibility index (Phi) is 6.06. The molecular formula is C20H29ClN4O2. The van der Waals surface area contributed by atoms with E-state index in [1.54, 1.807) is 0 Å². The van der Waals surface area contributed by atoms with Crippen molar-refractivity contribution in [3.8, 4) is 0 Å². The van der Waals surface area contributed by atoms with Crippen molar-refractivity contribution < 1.29 is 9.32 Å². The Balaban J connectivity index is 0.00000210. The largest absolute Gasteiger partial charge is 0.339 e. The third kappa shape index (κ3) is 3.97. The van der Waals surface area contributed by atoms with E-state index in [0.717, 1.165) is 67.7 Å². The van der Waals surface area contributed by atoms with Crippen LogP contribution in [0.3, 0.4) is 0 Å². The first kappa shape index (κ1) is 20.1. The Hall–Kier alpha value is -1.66. The Bertz CT molecular complexity index is 808. The molecule has 0 aromatic carbocycles. The van der Waals surface area contributed by atoms with Gasteiger partial charge in [-0.3, -0.25) is 4.79 Å². The number of rotatable bonds is 5. The van der Waals surface area contributed by atoms with E-state index in [2.05, 4.69) is 29.3 Å². The molecule has 0 spiro atoms. The minimum absolute atomic E-state index is 0. The van der Waals surface area contributed by atoms with Crippen molar-refractivity contribution in [3.63, 3.8) is 0 Å². The number of nitrogens with one attached hydrogen (secondary N) is 1. The topological polar surface area (TPSA) is 71.3 Å². The zero-order valence-electron chi connectivity index (χ0n) is 16.3. The summed E-state index contributed by atoms with van der Waals surface area (Å²) in [5, 5.41) is 8.28. The third-order valence-corrected chi connectivity index (χ3v) is 5.66. The van der Waals surface area contributed by atoms with Gasteiger partial charge in [-0.1, -0.05) is 19.0 Å². The number of fused-ring (bicyclic) bond motifs is 1. The number of carbonyl (C=O) groups is 1. The minimum atomic E-state index is 0. The fraction of sp³-hybridized carbons (Fsp3) is 0.650. The molecular weight excluding hydrogens is 364 g/mol. The number of halogens is 1. The van der Waals surface area contributed by atoms with Gasteiger partial charge in [0.25, 0.3) is 11.6 Å². The molecule has 2 aromatic rings. The van der Waals surface area contributed by atoms with E-state index >= 15 is 0 Å². The second-order valence-corrected chi connectivity index (χ2v) is 8.06. The van der Waals surface area contributed by atoms with E-state index in [1.165, 1.54) is 0 Å². The van der Waals surface area contributed by atoms with Gasteiger partial charge < -0.3 is 14.7 Å². The number of hydrogen-bond acceptors (Lipinski definition) is 5. The molecule has 2 aromatic heterocycles. The predicted molar refractivity (Wildman–Crippen MR) is 108 cm³/mol. The molecule has 1 saturated carbocycles. The number of aromatic nitrogens is 2. The molecule has 1 aliphatic heterocycles. The van der Waals surface area contributed by atoms with E-state index < -0.39 is 0 Å². The highest BCUT2D eigenvalue weighted by Crippen LogP contribution is 2.41. The lowest BCUT2D eigenvalue weighted by Crippen LogP contribution is -2.40. The molecule has 0 radical (unpaired) electrons. The molecule has 1 aliphatic carbocycles. The summed E-state index contributed by atoms with van der Waals surface area (Å²) in [6, 6.07) is 2.01. The van der Waals surface area contributed by atoms with Gasteiger partial charge in [-0.2, -0.15) is 0 Å². The molecule has 6 nitrogen and oxygen atoms in total. The van der Waals surface area contributed by atoms with Crippen molar-refractivity contribution in [2.45, 2.75) is 51.4 Å². The maximum Gasteiger partial charge on any atom is 0.259 e. The number of likely N-dealkylation sites (tertiary alicyclic amines) is 1. The molecule has 148 valence electrons. The molecule has 27 heavy (non-hydrogen) atoms. The first-order valence-corrected chi connectivity index (χ1v) is 9.82. The van der Waals surface area contributed by atoms with Crippen molar-refractivity contribution in [1.82, 2.24) is 20.4 Å². The molecule has 1 amide bonds. The third-order valence-electron chi connectivity index (χ3n) is 5.66. The number of pyridine rings is 1. The summed E-state index contributed by atoms with van der Waals surface area (Å²) in [7, 11) is 1.99. The SMILES string of the molecule is CNCC1CCN(C(=O)c2cc(C3CC3)nc3onc(C(C)C)c23)CC1.Cl. The van der Waals surface area contributed by atoms with Gasteiger partial charge in [0, 0.05) is 24.7 Å². The van der Waals surface area contributed by atoms with E-state index in [0.29, 0.717) is 17.5 Å². The average Bonchev–Trinajstić information content (AvgIpc) is 3.40. The van der Waals surface area contributed by atoms with E-state index in [4.69, 9.17) is 4.52 Å². The van der Waals surface area contributed by atoms with Gasteiger partial charge in [0.15, 0.2) is 0 Å². The minimum Gasteiger partial charge on any atom is -0.339 e. The van der Waals surface area contributed by atoms with Crippen molar-refractivity contribution in [1.29, 1.82) is 0 Å². The zero-order chi connectivity index (χ0) is 18.3. The van der Waals surface area contributed by atoms with Crippen LogP contribution in [0.2, 0.25) is 0 Å². The second kappa shape index (κ2) is 8.15. The van der Waals surface area contributed by atoms with Gasteiger partial charge in [-0.25, -0.2) is 4.98 Å². The summed E-state index contributed by atoms with van der Waals surface area (Å²) < 4.78 is 5.52. The lowest BCUT2D eigenvalue weighted by molar-refractivity contribution is 0.0692. The van der Waals surface area contributed by atoms with Crippen LogP contribution in [0.5, 0.6) is 0 Å². The first-order valence-electron chi connectivity index (χ1n) is 9.82. The van der Waals surface area contributed by atoms with E-state index in [9.17, 15) is 4.79 Å². The van der Waals surface area contributed by atoms with Crippen LogP contribution in [-0.2, 0) is 0 Å². The Morgan fingerprint density at radius 1 is 1.30 bits per heavy atom. The molecule has 3 heterocycles. The average molecular weight is 393 g/mol. The number of nitrogens with zero attached hydrogens (tertiary/aromatic N) is 3. The number of hydrogen-bond donors (Lipinski definition) is 1. The Morgan fingerprint density at radius 2 is 2.00 bits per heavy atom. The Labute approximate surface area is 166 Å². The molecule has 0 unspecified atom stereocenters. The summed E-state index contributed by atoms with van der Waals surface area (Å²) in [4.78, 5) is 20.0. The smallest absolute Gasteiger partial charge is 0.259 e. The molecule has 1 saturated heterocycles. The maximum atomic E-state index is 13.4. The standard InChI is InChI=1S/C20H28N4O2.ClH/c1-12(2)18-17-15(10-16(14-4-5-14)22-19(17)26-23-18)20(25)24-8-6-13(7-9-24)11-21-3;/h10,12-14,21H,4-9,11H2,1-3H3;1H. The maximum absolute atomic E-state index is 13.4. The summed E-state index contributed by atoms with van der Waals surface area (Å²) in [6.07, 6.45) is 4.40. The lowest BCUT2D eigenvalue weighted by atomic mass is 9.95. The molecule has 1 N–H and O–H groups in total. The number of amides is 1. The van der Waals surface area contributed by atoms with Gasteiger partial charge in [0.05, 0.1) is 16.6 Å². The molecule has 2 fully saturated rings. The normalized spacial score (nSPS) is 18.1. The lowest BCUT2D eigenvalue weighted by Gasteiger charge is -2.32. The van der Waals surface area contributed by atoms with Crippen LogP contribution < -0.4 is 5.32 Å². The summed E-state index contributed by atoms with van der Waals surface area (Å²) in [5.74, 6) is 1.43. The van der Waals surface area contributed by atoms with Crippen molar-refractivity contribution in [2.75, 3.05) is 26.7 Å². The van der Waals surface area contributed by atoms with Crippen LogP contribution >= 0.6 is 12.4 Å². The van der Waals surface area contributed by atoms with Crippen LogP contribution in [0.1, 0.15) is 73.1 Å². The highest BCUT2D eigenvalue weighted by molar-refractivity contribution is 6.06. The van der Waals surface area contributed by atoms with Crippen LogP contribution in [0, 0.1) is 5.92 Å². The van der Waals surface area contributed by atoms with Crippen LogP contribution in [0.25, 0.3) is 11.1 Å². The van der Waals surface area contributed by atoms with Gasteiger partial charge in [-0.05, 0) is 57.2 Å². The van der Waals surface area contributed by atoms with Gasteiger partial charge >= 0.3 is 0 Å². The van der Waals surface area contributed by atoms with Crippen molar-refractivity contribution >= 4 is 29.4 Å². The van der Waals surface area contributed by atoms with Gasteiger partial charge in [0.2, 0.25) is 0 Å². The van der Waals surface area contributed by atoms with Crippen molar-refractivity contribution in [3.05, 3.63) is 23.0 Å². The molecule has 0 atom stereocenters. The fourth-order valence-corrected chi connectivity index (χ4v) is 3.94. The van der Waals surface area contributed by atoms with Crippen LogP contribution in [0.4, 0.5) is 0 Å². The Morgan fingerprint density at radius 3 is 2.59 bits per heavy atom. The zero-order valence-corrected chi connectivity index (χ0v) is 17.1. The summed E-state index contributed by atoms with van der Waals surface area (Å²) in [6.45, 7) is 6.80. The van der Waals surface area contributed by atoms with Crippen molar-refractivity contribution in [2.24, 2.45) is 5.92 Å². The van der Waals surface area contributed by atoms with E-state index in [1.807, 2.05) is 18.0 Å². The highest BCUT2D eigenvalue weighted by atomic mass is 35.5. The van der Waals surface area contributed by atoms with Gasteiger partial charge in [-0.15, -0.1) is 12.4 Å². The van der Waals surface area contributed by atoms with Gasteiger partial charge in [0.1, 0.15) is 0 Å². The predicted octanol–water partition coefficient (Wildman–Crippen LogP) is 3.72. The second-order valence-electron chi connectivity index (χ2n) is 8.06. The summed E-state index contributed by atoms with van der Waals surface area (Å²) in [5.41, 5.74) is 3.07. The molecule has 0 bridgehead atoms. The molecule has 4 rings (SSSR count). The van der Waals surface area contributed by atoms with Crippen LogP contribution in [-0.4, -0.2) is 47.6 Å². The monoisotopic (exact) mass is 392 g/mol. The van der Waals surface area contributed by atoms with E-state index in [-0.39, 0.29) is 24.2 Å². The summed E-state index contributed by atoms with van der Waals surface area (Å²) >= 11 is 0. The number of carbonyl (C=O) groups excluding carboxylic acids is 1. The molecule has 2 aliphatic rings. The number of piperidine rings is 1. The van der Waals surface area contributed by atoms with Crippen LogP contribution in [0.15, 0.2) is 10.6 Å². The first-order chi connectivity index (χ1) is 12.6. The quantitative estimate of drug-likeness (QED) is 0.839.